The van der Waals surface area contributed by atoms with E-state index in [1.165, 1.54) is 11.3 Å². The highest BCUT2D eigenvalue weighted by molar-refractivity contribution is 8.00. The van der Waals surface area contributed by atoms with Crippen LogP contribution in [0.3, 0.4) is 0 Å². The van der Waals surface area contributed by atoms with Crippen LogP contribution in [-0.4, -0.2) is 28.3 Å². The van der Waals surface area contributed by atoms with Gasteiger partial charge in [-0.2, -0.15) is 23.5 Å². The highest BCUT2D eigenvalue weighted by Crippen LogP contribution is 2.46. The molecule has 1 nitrogen and oxygen atoms in total. The van der Waals surface area contributed by atoms with E-state index in [9.17, 15) is 4.79 Å². The van der Waals surface area contributed by atoms with Crippen molar-refractivity contribution in [3.63, 3.8) is 0 Å². The molecule has 0 amide bonds. The summed E-state index contributed by atoms with van der Waals surface area (Å²) in [5, 5.41) is 0.625. The molecule has 90 valence electrons. The van der Waals surface area contributed by atoms with Gasteiger partial charge in [-0.05, 0) is 36.3 Å². The number of ketones is 1. The summed E-state index contributed by atoms with van der Waals surface area (Å²) in [5.74, 6) is 4.30. The van der Waals surface area contributed by atoms with Gasteiger partial charge in [-0.25, -0.2) is 0 Å². The molecule has 3 heteroatoms. The molecule has 0 aromatic rings. The summed E-state index contributed by atoms with van der Waals surface area (Å²) in [6, 6.07) is 0. The Morgan fingerprint density at radius 3 is 3.06 bits per heavy atom. The molecule has 1 saturated heterocycles. The molecule has 0 N–H and O–H groups in total. The summed E-state index contributed by atoms with van der Waals surface area (Å²) >= 11 is 3.91. The van der Waals surface area contributed by atoms with Crippen molar-refractivity contribution < 1.29 is 4.79 Å². The third-order valence-corrected chi connectivity index (χ3v) is 6.33. The minimum atomic E-state index is -0.0397. The molecule has 1 aliphatic heterocycles. The second-order valence-electron chi connectivity index (χ2n) is 5.31. The zero-order valence-electron chi connectivity index (χ0n) is 10.3. The summed E-state index contributed by atoms with van der Waals surface area (Å²) in [4.78, 5) is 12.2. The van der Waals surface area contributed by atoms with E-state index in [-0.39, 0.29) is 5.41 Å². The van der Waals surface area contributed by atoms with E-state index < -0.39 is 0 Å². The molecule has 0 aromatic carbocycles. The first-order valence-electron chi connectivity index (χ1n) is 5.95. The SMILES string of the molecule is CC1=CC(=O)C2(CSC(C)C)CSCC1C2. The zero-order valence-corrected chi connectivity index (χ0v) is 11.9. The Labute approximate surface area is 107 Å². The summed E-state index contributed by atoms with van der Waals surface area (Å²) in [6.07, 6.45) is 3.02. The third kappa shape index (κ3) is 2.35. The van der Waals surface area contributed by atoms with Gasteiger partial charge in [-0.3, -0.25) is 4.79 Å². The van der Waals surface area contributed by atoms with Crippen LogP contribution >= 0.6 is 23.5 Å². The topological polar surface area (TPSA) is 17.1 Å². The van der Waals surface area contributed by atoms with Crippen LogP contribution in [0, 0.1) is 11.3 Å². The van der Waals surface area contributed by atoms with Gasteiger partial charge >= 0.3 is 0 Å². The molecule has 2 atom stereocenters. The molecular formula is C13H20OS2. The van der Waals surface area contributed by atoms with Crippen molar-refractivity contribution in [2.24, 2.45) is 11.3 Å². The van der Waals surface area contributed by atoms with Crippen molar-refractivity contribution >= 4 is 29.3 Å². The molecule has 2 unspecified atom stereocenters. The number of hydrogen-bond acceptors (Lipinski definition) is 3. The maximum atomic E-state index is 12.2. The van der Waals surface area contributed by atoms with E-state index in [4.69, 9.17) is 0 Å². The Hall–Kier alpha value is 0.110. The number of fused-ring (bicyclic) bond motifs is 2. The van der Waals surface area contributed by atoms with Crippen LogP contribution in [0.15, 0.2) is 11.6 Å². The number of thioether (sulfide) groups is 2. The minimum absolute atomic E-state index is 0.0397. The average molecular weight is 256 g/mol. The van der Waals surface area contributed by atoms with Crippen molar-refractivity contribution in [2.45, 2.75) is 32.4 Å². The first kappa shape index (κ1) is 12.6. The molecule has 1 aliphatic carbocycles. The summed E-state index contributed by atoms with van der Waals surface area (Å²) in [7, 11) is 0. The van der Waals surface area contributed by atoms with E-state index in [2.05, 4.69) is 20.8 Å². The van der Waals surface area contributed by atoms with Crippen molar-refractivity contribution in [2.75, 3.05) is 17.3 Å². The van der Waals surface area contributed by atoms with Crippen molar-refractivity contribution in [1.29, 1.82) is 0 Å². The number of hydrogen-bond donors (Lipinski definition) is 0. The fraction of sp³-hybridized carbons (Fsp3) is 0.769. The van der Waals surface area contributed by atoms with Crippen LogP contribution in [0.5, 0.6) is 0 Å². The van der Waals surface area contributed by atoms with Gasteiger partial charge in [-0.15, -0.1) is 0 Å². The minimum Gasteiger partial charge on any atom is -0.294 e. The Bertz CT molecular complexity index is 322. The van der Waals surface area contributed by atoms with Crippen LogP contribution in [-0.2, 0) is 4.79 Å². The molecular weight excluding hydrogens is 236 g/mol. The van der Waals surface area contributed by atoms with Crippen molar-refractivity contribution in [1.82, 2.24) is 0 Å². The number of allylic oxidation sites excluding steroid dienone is 2. The van der Waals surface area contributed by atoms with Crippen molar-refractivity contribution in [3.8, 4) is 0 Å². The van der Waals surface area contributed by atoms with Gasteiger partial charge in [0.05, 0.1) is 5.41 Å². The first-order valence-corrected chi connectivity index (χ1v) is 8.16. The smallest absolute Gasteiger partial charge is 0.163 e. The number of carbonyl (C=O) groups is 1. The molecule has 2 rings (SSSR count). The van der Waals surface area contributed by atoms with Gasteiger partial charge in [0.2, 0.25) is 0 Å². The largest absolute Gasteiger partial charge is 0.294 e. The second kappa shape index (κ2) is 4.77. The Balaban J connectivity index is 2.16. The van der Waals surface area contributed by atoms with E-state index in [1.807, 2.05) is 29.6 Å². The zero-order chi connectivity index (χ0) is 11.8. The highest BCUT2D eigenvalue weighted by Gasteiger charge is 2.45. The van der Waals surface area contributed by atoms with Gasteiger partial charge in [0, 0.05) is 11.5 Å². The van der Waals surface area contributed by atoms with Crippen LogP contribution in [0.2, 0.25) is 0 Å². The molecule has 1 fully saturated rings. The molecule has 0 saturated carbocycles. The highest BCUT2D eigenvalue weighted by atomic mass is 32.2. The monoisotopic (exact) mass is 256 g/mol. The van der Waals surface area contributed by atoms with Gasteiger partial charge in [0.15, 0.2) is 5.78 Å². The van der Waals surface area contributed by atoms with Gasteiger partial charge in [0.25, 0.3) is 0 Å². The van der Waals surface area contributed by atoms with Crippen LogP contribution < -0.4 is 0 Å². The lowest BCUT2D eigenvalue weighted by atomic mass is 9.72. The summed E-state index contributed by atoms with van der Waals surface area (Å²) < 4.78 is 0. The molecule has 0 radical (unpaired) electrons. The molecule has 0 aromatic heterocycles. The summed E-state index contributed by atoms with van der Waals surface area (Å²) in [5.41, 5.74) is 1.27. The van der Waals surface area contributed by atoms with E-state index in [1.54, 1.807) is 0 Å². The van der Waals surface area contributed by atoms with E-state index >= 15 is 0 Å². The Morgan fingerprint density at radius 2 is 2.38 bits per heavy atom. The van der Waals surface area contributed by atoms with E-state index in [0.29, 0.717) is 17.0 Å². The Kier molecular flexibility index (Phi) is 3.75. The Morgan fingerprint density at radius 1 is 1.62 bits per heavy atom. The molecule has 16 heavy (non-hydrogen) atoms. The summed E-state index contributed by atoms with van der Waals surface area (Å²) in [6.45, 7) is 6.54. The van der Waals surface area contributed by atoms with Crippen LogP contribution in [0.25, 0.3) is 0 Å². The van der Waals surface area contributed by atoms with Crippen LogP contribution in [0.4, 0.5) is 0 Å². The standard InChI is InChI=1S/C13H20OS2/c1-9(2)16-8-13-5-11(6-15-7-13)10(3)4-12(13)14/h4,9,11H,5-8H2,1-3H3. The number of carbonyl (C=O) groups excluding carboxylic acids is 1. The van der Waals surface area contributed by atoms with Gasteiger partial charge in [-0.1, -0.05) is 19.4 Å². The second-order valence-corrected chi connectivity index (χ2v) is 7.90. The average Bonchev–Trinajstić information content (AvgIpc) is 2.25. The normalized spacial score (nSPS) is 34.1. The maximum absolute atomic E-state index is 12.2. The number of rotatable bonds is 3. The van der Waals surface area contributed by atoms with E-state index in [0.717, 1.165) is 17.9 Å². The lowest BCUT2D eigenvalue weighted by Crippen LogP contribution is -2.44. The lowest BCUT2D eigenvalue weighted by Gasteiger charge is -2.42. The third-order valence-electron chi connectivity index (χ3n) is 3.55. The first-order chi connectivity index (χ1) is 7.53. The van der Waals surface area contributed by atoms with Gasteiger partial charge < -0.3 is 0 Å². The maximum Gasteiger partial charge on any atom is 0.163 e. The van der Waals surface area contributed by atoms with Crippen LogP contribution in [0.1, 0.15) is 27.2 Å². The van der Waals surface area contributed by atoms with Gasteiger partial charge in [0.1, 0.15) is 0 Å². The predicted octanol–water partition coefficient (Wildman–Crippen LogP) is 3.40. The molecule has 1 heterocycles. The fourth-order valence-electron chi connectivity index (χ4n) is 2.43. The quantitative estimate of drug-likeness (QED) is 0.770. The van der Waals surface area contributed by atoms with Crippen molar-refractivity contribution in [3.05, 3.63) is 11.6 Å². The predicted molar refractivity (Wildman–Crippen MR) is 74.2 cm³/mol. The molecule has 2 aliphatic rings. The molecule has 2 bridgehead atoms. The lowest BCUT2D eigenvalue weighted by molar-refractivity contribution is -0.123. The molecule has 0 spiro atoms. The fourth-order valence-corrected chi connectivity index (χ4v) is 5.11.